The van der Waals surface area contributed by atoms with Crippen LogP contribution in [0.3, 0.4) is 0 Å². The fourth-order valence-electron chi connectivity index (χ4n) is 2.34. The molecule has 0 bridgehead atoms. The number of hydrazone groups is 1. The molecule has 0 atom stereocenters. The first kappa shape index (κ1) is 21.0. The SMILES string of the molecule is Cc1ccc(-c2ccc(-c3ccc(/C=N/N=C(N)N)cc3)cc2)o1.NN=C(N)N. The summed E-state index contributed by atoms with van der Waals surface area (Å²) in [5.41, 5.74) is 24.1. The van der Waals surface area contributed by atoms with E-state index in [2.05, 4.69) is 45.4 Å². The van der Waals surface area contributed by atoms with Crippen LogP contribution < -0.4 is 28.8 Å². The van der Waals surface area contributed by atoms with Crippen molar-refractivity contribution in [3.05, 3.63) is 72.0 Å². The molecule has 3 aromatic rings. The van der Waals surface area contributed by atoms with Crippen LogP contribution >= 0.6 is 0 Å². The maximum absolute atomic E-state index is 5.64. The smallest absolute Gasteiger partial charge is 0.211 e. The minimum absolute atomic E-state index is 0.0605. The van der Waals surface area contributed by atoms with Crippen molar-refractivity contribution in [2.45, 2.75) is 6.92 Å². The van der Waals surface area contributed by atoms with E-state index in [1.807, 2.05) is 43.3 Å². The van der Waals surface area contributed by atoms with Crippen molar-refractivity contribution in [3.63, 3.8) is 0 Å². The summed E-state index contributed by atoms with van der Waals surface area (Å²) in [6.07, 6.45) is 1.60. The summed E-state index contributed by atoms with van der Waals surface area (Å²) in [5, 5.41) is 10.2. The average molecular weight is 392 g/mol. The standard InChI is InChI=1S/C19H18N4O.CH6N4/c1-13-2-11-18(24-13)17-9-7-16(8-10-17)15-5-3-14(4-6-15)12-22-23-19(20)21;2-1(3)5-4/h2-12H,1H3,(H4,20,21,23);4H2,(H4,2,3,5)/b22-12+;. The molecule has 0 amide bonds. The Morgan fingerprint density at radius 1 is 0.759 bits per heavy atom. The van der Waals surface area contributed by atoms with Gasteiger partial charge in [0.1, 0.15) is 11.5 Å². The lowest BCUT2D eigenvalue weighted by molar-refractivity contribution is 0.548. The van der Waals surface area contributed by atoms with E-state index in [1.54, 1.807) is 6.21 Å². The summed E-state index contributed by atoms with van der Waals surface area (Å²) in [6, 6.07) is 20.2. The van der Waals surface area contributed by atoms with E-state index in [-0.39, 0.29) is 11.9 Å². The molecule has 0 unspecified atom stereocenters. The van der Waals surface area contributed by atoms with E-state index < -0.39 is 0 Å². The molecule has 0 aliphatic carbocycles. The fourth-order valence-corrected chi connectivity index (χ4v) is 2.34. The molecule has 0 radical (unpaired) electrons. The molecule has 3 rings (SSSR count). The lowest BCUT2D eigenvalue weighted by atomic mass is 10.0. The second-order valence-corrected chi connectivity index (χ2v) is 5.93. The van der Waals surface area contributed by atoms with Gasteiger partial charge in [0, 0.05) is 5.56 Å². The molecule has 29 heavy (non-hydrogen) atoms. The first-order valence-corrected chi connectivity index (χ1v) is 8.57. The second kappa shape index (κ2) is 10.2. The van der Waals surface area contributed by atoms with Crippen molar-refractivity contribution in [2.75, 3.05) is 0 Å². The monoisotopic (exact) mass is 392 g/mol. The van der Waals surface area contributed by atoms with Crippen LogP contribution in [-0.4, -0.2) is 18.1 Å². The predicted molar refractivity (Wildman–Crippen MR) is 118 cm³/mol. The molecule has 9 heteroatoms. The molecule has 150 valence electrons. The zero-order valence-electron chi connectivity index (χ0n) is 16.0. The van der Waals surface area contributed by atoms with E-state index in [4.69, 9.17) is 27.4 Å². The van der Waals surface area contributed by atoms with Gasteiger partial charge in [0.2, 0.25) is 11.9 Å². The topological polar surface area (TPSA) is 180 Å². The maximum atomic E-state index is 5.64. The highest BCUT2D eigenvalue weighted by molar-refractivity contribution is 5.82. The van der Waals surface area contributed by atoms with Gasteiger partial charge in [-0.2, -0.15) is 5.10 Å². The Morgan fingerprint density at radius 3 is 1.72 bits per heavy atom. The number of hydrogen-bond donors (Lipinski definition) is 5. The minimum atomic E-state index is -0.0926. The fraction of sp³-hybridized carbons (Fsp3) is 0.0500. The highest BCUT2D eigenvalue weighted by Crippen LogP contribution is 2.26. The highest BCUT2D eigenvalue weighted by atomic mass is 16.3. The van der Waals surface area contributed by atoms with Gasteiger partial charge in [0.15, 0.2) is 0 Å². The molecule has 1 heterocycles. The number of aryl methyl sites for hydroxylation is 1. The van der Waals surface area contributed by atoms with Gasteiger partial charge in [-0.3, -0.25) is 0 Å². The van der Waals surface area contributed by atoms with E-state index >= 15 is 0 Å². The maximum Gasteiger partial charge on any atom is 0.211 e. The van der Waals surface area contributed by atoms with E-state index in [9.17, 15) is 0 Å². The van der Waals surface area contributed by atoms with Crippen LogP contribution in [0.4, 0.5) is 0 Å². The van der Waals surface area contributed by atoms with Crippen LogP contribution in [0.15, 0.2) is 80.4 Å². The van der Waals surface area contributed by atoms with Crippen molar-refractivity contribution in [1.29, 1.82) is 0 Å². The molecule has 0 spiro atoms. The highest BCUT2D eigenvalue weighted by Gasteiger charge is 2.03. The zero-order valence-corrected chi connectivity index (χ0v) is 16.0. The Morgan fingerprint density at radius 2 is 1.28 bits per heavy atom. The van der Waals surface area contributed by atoms with Crippen LogP contribution in [-0.2, 0) is 0 Å². The molecule has 0 fully saturated rings. The molecule has 0 aliphatic rings. The third-order valence-corrected chi connectivity index (χ3v) is 3.68. The van der Waals surface area contributed by atoms with Gasteiger partial charge < -0.3 is 33.2 Å². The lowest BCUT2D eigenvalue weighted by Crippen LogP contribution is -2.23. The van der Waals surface area contributed by atoms with Crippen LogP contribution in [0.5, 0.6) is 0 Å². The number of furan rings is 1. The van der Waals surface area contributed by atoms with Crippen molar-refractivity contribution in [3.8, 4) is 22.5 Å². The van der Waals surface area contributed by atoms with Gasteiger partial charge in [0.05, 0.1) is 6.21 Å². The van der Waals surface area contributed by atoms with Gasteiger partial charge in [0.25, 0.3) is 0 Å². The number of rotatable bonds is 4. The summed E-state index contributed by atoms with van der Waals surface area (Å²) in [6.45, 7) is 1.94. The zero-order chi connectivity index (χ0) is 21.2. The summed E-state index contributed by atoms with van der Waals surface area (Å²) in [7, 11) is 0. The van der Waals surface area contributed by atoms with Gasteiger partial charge in [-0.15, -0.1) is 10.2 Å². The molecule has 2 aromatic carbocycles. The van der Waals surface area contributed by atoms with Crippen LogP contribution in [0.2, 0.25) is 0 Å². The van der Waals surface area contributed by atoms with Crippen LogP contribution in [0.25, 0.3) is 22.5 Å². The van der Waals surface area contributed by atoms with Crippen molar-refractivity contribution in [2.24, 2.45) is 44.1 Å². The Bertz CT molecular complexity index is 994. The van der Waals surface area contributed by atoms with E-state index in [1.165, 1.54) is 0 Å². The molecule has 0 saturated heterocycles. The largest absolute Gasteiger partial charge is 0.461 e. The first-order chi connectivity index (χ1) is 13.9. The number of guanidine groups is 2. The Balaban J connectivity index is 0.000000537. The molecule has 9 nitrogen and oxygen atoms in total. The summed E-state index contributed by atoms with van der Waals surface area (Å²) < 4.78 is 5.64. The normalized spacial score (nSPS) is 10.1. The van der Waals surface area contributed by atoms with Crippen molar-refractivity contribution >= 4 is 18.1 Å². The minimum Gasteiger partial charge on any atom is -0.461 e. The molecule has 0 aliphatic heterocycles. The molecule has 10 N–H and O–H groups in total. The second-order valence-electron chi connectivity index (χ2n) is 5.93. The Labute approximate surface area is 168 Å². The first-order valence-electron chi connectivity index (χ1n) is 8.57. The predicted octanol–water partition coefficient (Wildman–Crippen LogP) is 1.66. The van der Waals surface area contributed by atoms with E-state index in [0.29, 0.717) is 0 Å². The Hall–Kier alpha value is -4.27. The molecular formula is C20H24N8O. The summed E-state index contributed by atoms with van der Waals surface area (Å²) in [5.74, 6) is 6.15. The number of nitrogens with zero attached hydrogens (tertiary/aromatic N) is 3. The van der Waals surface area contributed by atoms with Crippen molar-refractivity contribution < 1.29 is 4.42 Å². The molecule has 1 aromatic heterocycles. The Kier molecular flexibility index (Phi) is 7.37. The van der Waals surface area contributed by atoms with Gasteiger partial charge in [-0.25, -0.2) is 0 Å². The van der Waals surface area contributed by atoms with Gasteiger partial charge >= 0.3 is 0 Å². The average Bonchev–Trinajstić information content (AvgIpc) is 3.15. The summed E-state index contributed by atoms with van der Waals surface area (Å²) in [4.78, 5) is 0. The third-order valence-electron chi connectivity index (χ3n) is 3.68. The molecular weight excluding hydrogens is 368 g/mol. The molecule has 0 saturated carbocycles. The quantitative estimate of drug-likeness (QED) is 0.195. The number of benzene rings is 2. The van der Waals surface area contributed by atoms with Gasteiger partial charge in [-0.1, -0.05) is 48.5 Å². The van der Waals surface area contributed by atoms with Gasteiger partial charge in [-0.05, 0) is 35.7 Å². The number of hydrogen-bond acceptors (Lipinski definition) is 5. The van der Waals surface area contributed by atoms with Crippen LogP contribution in [0, 0.1) is 6.92 Å². The number of nitrogens with two attached hydrogens (primary N) is 5. The van der Waals surface area contributed by atoms with Crippen molar-refractivity contribution in [1.82, 2.24) is 0 Å². The summed E-state index contributed by atoms with van der Waals surface area (Å²) >= 11 is 0. The third kappa shape index (κ3) is 6.75. The lowest BCUT2D eigenvalue weighted by Gasteiger charge is -2.04. The van der Waals surface area contributed by atoms with Crippen LogP contribution in [0.1, 0.15) is 11.3 Å². The van der Waals surface area contributed by atoms with E-state index in [0.717, 1.165) is 33.8 Å².